The van der Waals surface area contributed by atoms with E-state index in [1.165, 1.54) is 0 Å². The molecule has 0 bridgehead atoms. The number of H-pyrrole nitrogens is 1. The van der Waals surface area contributed by atoms with E-state index in [1.807, 2.05) is 55.5 Å². The summed E-state index contributed by atoms with van der Waals surface area (Å²) in [6.45, 7) is 10.4. The molecule has 2 aromatic carbocycles. The van der Waals surface area contributed by atoms with Crippen molar-refractivity contribution in [2.24, 2.45) is 5.92 Å². The number of allylic oxidation sites excluding steroid dienone is 1. The lowest BCUT2D eigenvalue weighted by Gasteiger charge is -2.26. The van der Waals surface area contributed by atoms with Crippen molar-refractivity contribution in [2.45, 2.75) is 52.4 Å². The number of halogens is 1. The van der Waals surface area contributed by atoms with Gasteiger partial charge in [-0.1, -0.05) is 74.1 Å². The van der Waals surface area contributed by atoms with Crippen LogP contribution in [0.4, 0.5) is 0 Å². The van der Waals surface area contributed by atoms with Gasteiger partial charge in [0.25, 0.3) is 0 Å². The summed E-state index contributed by atoms with van der Waals surface area (Å²) in [5, 5.41) is 10.4. The van der Waals surface area contributed by atoms with Crippen LogP contribution in [0.3, 0.4) is 0 Å². The Labute approximate surface area is 215 Å². The molecular formula is C27H32ClNO5S. The third-order valence-electron chi connectivity index (χ3n) is 5.55. The third-order valence-corrected chi connectivity index (χ3v) is 6.66. The van der Waals surface area contributed by atoms with Crippen LogP contribution in [0, 0.1) is 5.92 Å². The number of hydrogen-bond donors (Lipinski definition) is 2. The molecule has 8 heteroatoms. The van der Waals surface area contributed by atoms with Crippen LogP contribution in [0.1, 0.15) is 55.7 Å². The van der Waals surface area contributed by atoms with Crippen molar-refractivity contribution in [3.05, 3.63) is 91.6 Å². The van der Waals surface area contributed by atoms with Crippen LogP contribution in [-0.2, 0) is 15.9 Å². The van der Waals surface area contributed by atoms with Crippen LogP contribution >= 0.6 is 22.9 Å². The van der Waals surface area contributed by atoms with E-state index in [0.717, 1.165) is 35.3 Å². The van der Waals surface area contributed by atoms with Gasteiger partial charge in [-0.25, -0.2) is 0 Å². The molecular weight excluding hydrogens is 486 g/mol. The summed E-state index contributed by atoms with van der Waals surface area (Å²) in [6, 6.07) is 15.0. The number of aromatic amines is 1. The number of hydrogen-bond acceptors (Lipinski definition) is 6. The monoisotopic (exact) mass is 517 g/mol. The fraction of sp³-hybridized carbons (Fsp3) is 0.370. The minimum Gasteiger partial charge on any atom is -0.494 e. The molecule has 0 aliphatic heterocycles. The molecule has 2 N–H and O–H groups in total. The Bertz CT molecular complexity index is 1160. The minimum atomic E-state index is -0.516. The highest BCUT2D eigenvalue weighted by atomic mass is 35.5. The molecule has 0 aliphatic rings. The van der Waals surface area contributed by atoms with Crippen LogP contribution in [0.15, 0.2) is 65.7 Å². The predicted octanol–water partition coefficient (Wildman–Crippen LogP) is 6.84. The first-order chi connectivity index (χ1) is 16.7. The van der Waals surface area contributed by atoms with Gasteiger partial charge >= 0.3 is 4.87 Å². The molecule has 1 heterocycles. The Morgan fingerprint density at radius 2 is 1.94 bits per heavy atom. The molecule has 0 fully saturated rings. The normalized spacial score (nSPS) is 13.7. The van der Waals surface area contributed by atoms with Crippen LogP contribution in [0.5, 0.6) is 11.6 Å². The maximum atomic E-state index is 11.4. The molecule has 0 amide bonds. The van der Waals surface area contributed by atoms with Gasteiger partial charge in [-0.2, -0.15) is 0 Å². The first kappa shape index (κ1) is 26.9. The Balaban J connectivity index is 1.64. The van der Waals surface area contributed by atoms with E-state index in [2.05, 4.69) is 25.4 Å². The molecule has 3 unspecified atom stereocenters. The van der Waals surface area contributed by atoms with Gasteiger partial charge in [0.15, 0.2) is 6.29 Å². The lowest BCUT2D eigenvalue weighted by atomic mass is 10.1. The molecule has 0 saturated heterocycles. The van der Waals surface area contributed by atoms with E-state index in [9.17, 15) is 9.90 Å². The Morgan fingerprint density at radius 1 is 1.20 bits per heavy atom. The average Bonchev–Trinajstić information content (AvgIpc) is 3.14. The summed E-state index contributed by atoms with van der Waals surface area (Å²) in [4.78, 5) is 14.1. The second-order valence-electron chi connectivity index (χ2n) is 8.44. The first-order valence-electron chi connectivity index (χ1n) is 11.6. The molecule has 1 aromatic heterocycles. The number of aromatic nitrogens is 1. The Hall–Kier alpha value is -2.74. The highest BCUT2D eigenvalue weighted by Gasteiger charge is 2.20. The molecule has 35 heavy (non-hydrogen) atoms. The Kier molecular flexibility index (Phi) is 9.83. The zero-order valence-electron chi connectivity index (χ0n) is 20.3. The maximum Gasteiger partial charge on any atom is 0.307 e. The lowest BCUT2D eigenvalue weighted by molar-refractivity contribution is -0.152. The number of aromatic hydroxyl groups is 1. The smallest absolute Gasteiger partial charge is 0.307 e. The summed E-state index contributed by atoms with van der Waals surface area (Å²) < 4.78 is 18.2. The molecule has 3 rings (SSSR count). The van der Waals surface area contributed by atoms with Crippen molar-refractivity contribution in [3.63, 3.8) is 0 Å². The molecule has 3 aromatic rings. The molecule has 0 radical (unpaired) electrons. The largest absolute Gasteiger partial charge is 0.494 e. The van der Waals surface area contributed by atoms with E-state index < -0.39 is 12.4 Å². The summed E-state index contributed by atoms with van der Waals surface area (Å²) in [7, 11) is 0. The van der Waals surface area contributed by atoms with Crippen LogP contribution in [0.25, 0.3) is 0 Å². The number of nitrogens with one attached hydrogen (secondary N) is 1. The van der Waals surface area contributed by atoms with Crippen molar-refractivity contribution in [1.29, 1.82) is 0 Å². The van der Waals surface area contributed by atoms with Crippen molar-refractivity contribution in [3.8, 4) is 11.6 Å². The van der Waals surface area contributed by atoms with E-state index in [-0.39, 0.29) is 23.3 Å². The fourth-order valence-corrected chi connectivity index (χ4v) is 4.59. The van der Waals surface area contributed by atoms with E-state index in [4.69, 9.17) is 25.8 Å². The van der Waals surface area contributed by atoms with Crippen molar-refractivity contribution in [1.82, 2.24) is 4.98 Å². The second kappa shape index (κ2) is 12.8. The van der Waals surface area contributed by atoms with Gasteiger partial charge in [0.1, 0.15) is 18.5 Å². The first-order valence-corrected chi connectivity index (χ1v) is 12.8. The second-order valence-corrected chi connectivity index (χ2v) is 9.94. The number of rotatable bonds is 13. The summed E-state index contributed by atoms with van der Waals surface area (Å²) in [6.07, 6.45) is 1.59. The van der Waals surface area contributed by atoms with Crippen molar-refractivity contribution >= 4 is 22.9 Å². The van der Waals surface area contributed by atoms with Gasteiger partial charge in [0.2, 0.25) is 5.88 Å². The molecule has 0 saturated carbocycles. The van der Waals surface area contributed by atoms with Gasteiger partial charge in [-0.05, 0) is 48.7 Å². The maximum absolute atomic E-state index is 11.4. The number of benzene rings is 2. The standard InChI is InChI=1S/C27H32ClNO5S/c1-5-7-17(2)18(3)33-19(4)34-24(21-8-6-9-22(28)15-21)16-32-23-12-10-20(11-13-23)14-25-26(30)29-27(31)35-25/h6,8-13,15,17,19,24,30H,3,5,7,14,16H2,1-2,4H3,(H,29,31). The molecule has 0 spiro atoms. The van der Waals surface area contributed by atoms with Crippen molar-refractivity contribution < 1.29 is 19.3 Å². The zero-order valence-corrected chi connectivity index (χ0v) is 21.8. The topological polar surface area (TPSA) is 80.8 Å². The van der Waals surface area contributed by atoms with E-state index in [1.54, 1.807) is 0 Å². The summed E-state index contributed by atoms with van der Waals surface area (Å²) in [5.74, 6) is 1.55. The zero-order chi connectivity index (χ0) is 25.4. The predicted molar refractivity (Wildman–Crippen MR) is 140 cm³/mol. The van der Waals surface area contributed by atoms with Gasteiger partial charge in [0.05, 0.1) is 10.6 Å². The molecule has 0 aliphatic carbocycles. The van der Waals surface area contributed by atoms with Crippen LogP contribution in [-0.4, -0.2) is 23.0 Å². The summed E-state index contributed by atoms with van der Waals surface area (Å²) >= 11 is 7.22. The van der Waals surface area contributed by atoms with Gasteiger partial charge in [0, 0.05) is 17.4 Å². The summed E-state index contributed by atoms with van der Waals surface area (Å²) in [5.41, 5.74) is 1.84. The number of thiazole rings is 1. The van der Waals surface area contributed by atoms with Crippen LogP contribution < -0.4 is 9.61 Å². The van der Waals surface area contributed by atoms with Gasteiger partial charge in [-0.3, -0.25) is 9.78 Å². The van der Waals surface area contributed by atoms with E-state index >= 15 is 0 Å². The minimum absolute atomic E-state index is 0.0788. The third kappa shape index (κ3) is 8.16. The SMILES string of the molecule is C=C(OC(C)OC(COc1ccc(Cc2sc(=O)[nH]c2O)cc1)c1cccc(Cl)c1)C(C)CCC. The van der Waals surface area contributed by atoms with Gasteiger partial charge < -0.3 is 19.3 Å². The average molecular weight is 518 g/mol. The van der Waals surface area contributed by atoms with Gasteiger partial charge in [-0.15, -0.1) is 0 Å². The number of ether oxygens (including phenoxy) is 3. The lowest BCUT2D eigenvalue weighted by Crippen LogP contribution is -2.22. The highest BCUT2D eigenvalue weighted by molar-refractivity contribution is 7.09. The van der Waals surface area contributed by atoms with Crippen molar-refractivity contribution in [2.75, 3.05) is 6.61 Å². The van der Waals surface area contributed by atoms with E-state index in [0.29, 0.717) is 27.8 Å². The van der Waals surface area contributed by atoms with Crippen LogP contribution in [0.2, 0.25) is 5.02 Å². The quantitative estimate of drug-likeness (QED) is 0.192. The molecule has 3 atom stereocenters. The Morgan fingerprint density at radius 3 is 2.57 bits per heavy atom. The molecule has 188 valence electrons. The highest BCUT2D eigenvalue weighted by Crippen LogP contribution is 2.27. The molecule has 6 nitrogen and oxygen atoms in total. The fourth-order valence-electron chi connectivity index (χ4n) is 3.64.